The molecule has 2 N–H and O–H groups in total. The normalized spacial score (nSPS) is 14.1. The van der Waals surface area contributed by atoms with Crippen LogP contribution in [0.15, 0.2) is 60.8 Å². The van der Waals surface area contributed by atoms with E-state index in [2.05, 4.69) is 54.6 Å². The fourth-order valence-electron chi connectivity index (χ4n) is 3.82. The Hall–Kier alpha value is -3.72. The molecule has 2 aromatic carbocycles. The van der Waals surface area contributed by atoms with Crippen LogP contribution in [0, 0.1) is 11.6 Å². The predicted molar refractivity (Wildman–Crippen MR) is 131 cm³/mol. The fourth-order valence-corrected chi connectivity index (χ4v) is 3.82. The van der Waals surface area contributed by atoms with E-state index >= 15 is 0 Å². The van der Waals surface area contributed by atoms with Gasteiger partial charge in [0.25, 0.3) is 0 Å². The number of hydrogen-bond acceptors (Lipinski definition) is 5. The maximum Gasteiger partial charge on any atom is 0.323 e. The molecule has 0 bridgehead atoms. The first-order chi connectivity index (χ1) is 16.4. The Kier molecular flexibility index (Phi) is 7.22. The number of amides is 2. The Balaban J connectivity index is 1.26. The molecule has 1 aliphatic heterocycles. The summed E-state index contributed by atoms with van der Waals surface area (Å²) in [6.07, 6.45) is 1.56. The molecule has 0 aliphatic carbocycles. The number of piperazine rings is 1. The van der Waals surface area contributed by atoms with Gasteiger partial charge in [0.2, 0.25) is 0 Å². The summed E-state index contributed by atoms with van der Waals surface area (Å²) >= 11 is 0. The highest BCUT2D eigenvalue weighted by Gasteiger charge is 2.18. The molecule has 1 aromatic heterocycles. The quantitative estimate of drug-likeness (QED) is 0.564. The van der Waals surface area contributed by atoms with E-state index in [0.29, 0.717) is 11.8 Å². The molecule has 1 aliphatic rings. The first-order valence-electron chi connectivity index (χ1n) is 11.1. The number of carbonyl (C=O) groups is 1. The molecule has 3 aromatic rings. The SMILES string of the molecule is CN(C)c1ccc(CN2CCN(c3ccc(NC(=O)Nc4ccc(F)cc4F)cn3)CC2)cc1. The number of hydrogen-bond donors (Lipinski definition) is 2. The molecule has 178 valence electrons. The zero-order valence-electron chi connectivity index (χ0n) is 19.3. The molecule has 7 nitrogen and oxygen atoms in total. The van der Waals surface area contributed by atoms with E-state index in [4.69, 9.17) is 0 Å². The highest BCUT2D eigenvalue weighted by molar-refractivity contribution is 5.99. The lowest BCUT2D eigenvalue weighted by Gasteiger charge is -2.35. The van der Waals surface area contributed by atoms with Crippen molar-refractivity contribution in [1.82, 2.24) is 9.88 Å². The van der Waals surface area contributed by atoms with Crippen molar-refractivity contribution in [2.75, 3.05) is 60.7 Å². The number of carbonyl (C=O) groups excluding carboxylic acids is 1. The van der Waals surface area contributed by atoms with Crippen molar-refractivity contribution in [3.05, 3.63) is 78.0 Å². The van der Waals surface area contributed by atoms with E-state index < -0.39 is 17.7 Å². The summed E-state index contributed by atoms with van der Waals surface area (Å²) in [6.45, 7) is 4.51. The maximum absolute atomic E-state index is 13.7. The van der Waals surface area contributed by atoms with Gasteiger partial charge in [-0.3, -0.25) is 4.90 Å². The van der Waals surface area contributed by atoms with Crippen molar-refractivity contribution < 1.29 is 13.6 Å². The summed E-state index contributed by atoms with van der Waals surface area (Å²) in [6, 6.07) is 14.6. The molecule has 34 heavy (non-hydrogen) atoms. The number of pyridine rings is 1. The minimum Gasteiger partial charge on any atom is -0.378 e. The van der Waals surface area contributed by atoms with Gasteiger partial charge < -0.3 is 20.4 Å². The third-order valence-corrected chi connectivity index (χ3v) is 5.74. The molecule has 1 saturated heterocycles. The lowest BCUT2D eigenvalue weighted by molar-refractivity contribution is 0.249. The molecule has 0 unspecified atom stereocenters. The average molecular weight is 467 g/mol. The fraction of sp³-hybridized carbons (Fsp3) is 0.280. The van der Waals surface area contributed by atoms with Gasteiger partial charge in [-0.05, 0) is 42.0 Å². The van der Waals surface area contributed by atoms with Gasteiger partial charge in [0, 0.05) is 58.6 Å². The van der Waals surface area contributed by atoms with E-state index in [-0.39, 0.29) is 5.69 Å². The number of anilines is 4. The second kappa shape index (κ2) is 10.5. The number of aromatic nitrogens is 1. The van der Waals surface area contributed by atoms with Gasteiger partial charge in [-0.1, -0.05) is 12.1 Å². The summed E-state index contributed by atoms with van der Waals surface area (Å²) in [5, 5.41) is 4.96. The molecule has 0 saturated carbocycles. The summed E-state index contributed by atoms with van der Waals surface area (Å²) < 4.78 is 26.7. The van der Waals surface area contributed by atoms with Crippen molar-refractivity contribution in [2.45, 2.75) is 6.54 Å². The van der Waals surface area contributed by atoms with Crippen LogP contribution in [-0.4, -0.2) is 56.2 Å². The summed E-state index contributed by atoms with van der Waals surface area (Å²) in [5.74, 6) is -0.707. The van der Waals surface area contributed by atoms with Gasteiger partial charge in [0.15, 0.2) is 0 Å². The average Bonchev–Trinajstić information content (AvgIpc) is 2.82. The predicted octanol–water partition coefficient (Wildman–Crippen LogP) is 4.39. The molecule has 2 heterocycles. The summed E-state index contributed by atoms with van der Waals surface area (Å²) in [4.78, 5) is 23.3. The van der Waals surface area contributed by atoms with Crippen LogP contribution in [0.2, 0.25) is 0 Å². The molecule has 4 rings (SSSR count). The molecule has 2 amide bonds. The monoisotopic (exact) mass is 466 g/mol. The second-order valence-corrected chi connectivity index (χ2v) is 8.43. The molecule has 9 heteroatoms. The minimum absolute atomic E-state index is 0.102. The van der Waals surface area contributed by atoms with Crippen LogP contribution < -0.4 is 20.4 Å². The van der Waals surface area contributed by atoms with Crippen molar-refractivity contribution >= 4 is 28.9 Å². The van der Waals surface area contributed by atoms with E-state index in [1.165, 1.54) is 17.3 Å². The first-order valence-corrected chi connectivity index (χ1v) is 11.1. The zero-order valence-corrected chi connectivity index (χ0v) is 19.3. The van der Waals surface area contributed by atoms with Crippen molar-refractivity contribution in [3.8, 4) is 0 Å². The smallest absolute Gasteiger partial charge is 0.323 e. The molecule has 0 radical (unpaired) electrons. The third-order valence-electron chi connectivity index (χ3n) is 5.74. The van der Waals surface area contributed by atoms with Crippen LogP contribution in [0.4, 0.5) is 36.5 Å². The Morgan fingerprint density at radius 3 is 2.32 bits per heavy atom. The highest BCUT2D eigenvalue weighted by atomic mass is 19.1. The van der Waals surface area contributed by atoms with Gasteiger partial charge in [-0.15, -0.1) is 0 Å². The van der Waals surface area contributed by atoms with E-state index in [9.17, 15) is 13.6 Å². The van der Waals surface area contributed by atoms with Crippen LogP contribution in [0.25, 0.3) is 0 Å². The lowest BCUT2D eigenvalue weighted by Crippen LogP contribution is -2.46. The highest BCUT2D eigenvalue weighted by Crippen LogP contribution is 2.19. The first kappa shape index (κ1) is 23.4. The van der Waals surface area contributed by atoms with Crippen molar-refractivity contribution in [1.29, 1.82) is 0 Å². The van der Waals surface area contributed by atoms with E-state index in [1.807, 2.05) is 20.2 Å². The zero-order chi connectivity index (χ0) is 24.1. The van der Waals surface area contributed by atoms with Crippen molar-refractivity contribution in [2.24, 2.45) is 0 Å². The van der Waals surface area contributed by atoms with Gasteiger partial charge >= 0.3 is 6.03 Å². The van der Waals surface area contributed by atoms with Crippen LogP contribution in [0.1, 0.15) is 5.56 Å². The largest absolute Gasteiger partial charge is 0.378 e. The lowest BCUT2D eigenvalue weighted by atomic mass is 10.1. The standard InChI is InChI=1S/C25H28F2N6O/c1-31(2)21-7-3-18(4-8-21)17-32-11-13-33(14-12-32)24-10-6-20(16-28-24)29-25(34)30-23-9-5-19(26)15-22(23)27/h3-10,15-16H,11-14,17H2,1-2H3,(H2,29,30,34). The topological polar surface area (TPSA) is 63.7 Å². The number of nitrogens with zero attached hydrogens (tertiary/aromatic N) is 4. The molecule has 0 atom stereocenters. The molecular weight excluding hydrogens is 438 g/mol. The van der Waals surface area contributed by atoms with Crippen molar-refractivity contribution in [3.63, 3.8) is 0 Å². The van der Waals surface area contributed by atoms with E-state index in [0.717, 1.165) is 44.6 Å². The molecule has 0 spiro atoms. The van der Waals surface area contributed by atoms with E-state index in [1.54, 1.807) is 12.3 Å². The summed E-state index contributed by atoms with van der Waals surface area (Å²) in [5.41, 5.74) is 2.86. The number of rotatable bonds is 6. The Morgan fingerprint density at radius 1 is 0.971 bits per heavy atom. The van der Waals surface area contributed by atoms with Crippen LogP contribution in [0.5, 0.6) is 0 Å². The van der Waals surface area contributed by atoms with Gasteiger partial charge in [0.1, 0.15) is 17.5 Å². The Bertz CT molecular complexity index is 1110. The van der Waals surface area contributed by atoms with Gasteiger partial charge in [-0.2, -0.15) is 0 Å². The van der Waals surface area contributed by atoms with Crippen LogP contribution >= 0.6 is 0 Å². The number of nitrogens with one attached hydrogen (secondary N) is 2. The number of halogens is 2. The maximum atomic E-state index is 13.7. The van der Waals surface area contributed by atoms with Crippen LogP contribution in [0.3, 0.4) is 0 Å². The molecule has 1 fully saturated rings. The van der Waals surface area contributed by atoms with Gasteiger partial charge in [-0.25, -0.2) is 18.6 Å². The summed E-state index contributed by atoms with van der Waals surface area (Å²) in [7, 11) is 4.07. The Morgan fingerprint density at radius 2 is 1.71 bits per heavy atom. The minimum atomic E-state index is -0.839. The van der Waals surface area contributed by atoms with Crippen LogP contribution in [-0.2, 0) is 6.54 Å². The molecular formula is C25H28F2N6O. The van der Waals surface area contributed by atoms with Gasteiger partial charge in [0.05, 0.1) is 17.6 Å². The Labute approximate surface area is 198 Å². The number of urea groups is 1. The third kappa shape index (κ3) is 5.99. The second-order valence-electron chi connectivity index (χ2n) is 8.43. The number of benzene rings is 2.